The molecule has 0 saturated heterocycles. The van der Waals surface area contributed by atoms with E-state index >= 15 is 0 Å². The van der Waals surface area contributed by atoms with Gasteiger partial charge in [0.15, 0.2) is 0 Å². The van der Waals surface area contributed by atoms with E-state index in [4.69, 9.17) is 5.11 Å². The molecule has 112 valence electrons. The standard InChI is InChI=1S/C13H11F3N2O2S/c1-7-11(18-12(19)20)21-10(17-7)6-8-3-2-4-9(5-8)13(14,15)16/h2-5,18H,6H2,1H3,(H,19,20). The van der Waals surface area contributed by atoms with Crippen molar-refractivity contribution >= 4 is 22.4 Å². The van der Waals surface area contributed by atoms with Crippen LogP contribution in [0, 0.1) is 6.92 Å². The maximum Gasteiger partial charge on any atom is 0.416 e. The van der Waals surface area contributed by atoms with Gasteiger partial charge in [0.2, 0.25) is 0 Å². The molecule has 0 fully saturated rings. The number of alkyl halides is 3. The molecule has 0 radical (unpaired) electrons. The number of carboxylic acid groups (broad SMARTS) is 1. The van der Waals surface area contributed by atoms with Crippen molar-refractivity contribution in [3.8, 4) is 0 Å². The van der Waals surface area contributed by atoms with Gasteiger partial charge in [-0.1, -0.05) is 18.2 Å². The fourth-order valence-electron chi connectivity index (χ4n) is 1.77. The van der Waals surface area contributed by atoms with Gasteiger partial charge in [0.05, 0.1) is 16.3 Å². The number of rotatable bonds is 3. The number of benzene rings is 1. The van der Waals surface area contributed by atoms with Gasteiger partial charge in [-0.05, 0) is 18.6 Å². The van der Waals surface area contributed by atoms with Crippen LogP contribution in [0.4, 0.5) is 23.0 Å². The Morgan fingerprint density at radius 2 is 2.14 bits per heavy atom. The molecule has 21 heavy (non-hydrogen) atoms. The summed E-state index contributed by atoms with van der Waals surface area (Å²) >= 11 is 1.11. The number of amides is 1. The van der Waals surface area contributed by atoms with Crippen LogP contribution in [0.15, 0.2) is 24.3 Å². The van der Waals surface area contributed by atoms with E-state index in [9.17, 15) is 18.0 Å². The molecule has 0 aliphatic heterocycles. The van der Waals surface area contributed by atoms with Gasteiger partial charge in [0, 0.05) is 6.42 Å². The molecule has 0 aliphatic carbocycles. The van der Waals surface area contributed by atoms with E-state index in [1.54, 1.807) is 13.0 Å². The molecule has 1 amide bonds. The van der Waals surface area contributed by atoms with Crippen molar-refractivity contribution in [1.82, 2.24) is 4.98 Å². The second-order valence-electron chi connectivity index (χ2n) is 4.33. The smallest absolute Gasteiger partial charge is 0.416 e. The molecule has 2 rings (SSSR count). The number of hydrogen-bond acceptors (Lipinski definition) is 3. The maximum atomic E-state index is 12.6. The van der Waals surface area contributed by atoms with Crippen molar-refractivity contribution in [2.24, 2.45) is 0 Å². The SMILES string of the molecule is Cc1nc(Cc2cccc(C(F)(F)F)c2)sc1NC(=O)O. The van der Waals surface area contributed by atoms with Crippen molar-refractivity contribution in [1.29, 1.82) is 0 Å². The Balaban J connectivity index is 2.21. The first-order chi connectivity index (χ1) is 9.75. The molecule has 4 nitrogen and oxygen atoms in total. The Hall–Kier alpha value is -2.09. The summed E-state index contributed by atoms with van der Waals surface area (Å²) in [5, 5.41) is 11.8. The van der Waals surface area contributed by atoms with Gasteiger partial charge in [-0.25, -0.2) is 9.78 Å². The summed E-state index contributed by atoms with van der Waals surface area (Å²) in [6.45, 7) is 1.64. The Kier molecular flexibility index (Phi) is 4.17. The summed E-state index contributed by atoms with van der Waals surface area (Å²) in [5.41, 5.74) is 0.266. The van der Waals surface area contributed by atoms with Crippen molar-refractivity contribution in [2.75, 3.05) is 5.32 Å². The van der Waals surface area contributed by atoms with E-state index in [1.807, 2.05) is 0 Å². The fraction of sp³-hybridized carbons (Fsp3) is 0.231. The van der Waals surface area contributed by atoms with Crippen LogP contribution in [0.25, 0.3) is 0 Å². The van der Waals surface area contributed by atoms with E-state index in [0.29, 0.717) is 21.3 Å². The monoisotopic (exact) mass is 316 g/mol. The van der Waals surface area contributed by atoms with Gasteiger partial charge in [0.1, 0.15) is 5.00 Å². The Morgan fingerprint density at radius 3 is 2.76 bits per heavy atom. The summed E-state index contributed by atoms with van der Waals surface area (Å²) in [4.78, 5) is 14.7. The minimum atomic E-state index is -4.38. The number of hydrogen-bond donors (Lipinski definition) is 2. The highest BCUT2D eigenvalue weighted by Crippen LogP contribution is 2.31. The number of nitrogens with zero attached hydrogens (tertiary/aromatic N) is 1. The first-order valence-electron chi connectivity index (χ1n) is 5.88. The third-order valence-corrected chi connectivity index (χ3v) is 3.74. The third kappa shape index (κ3) is 3.94. The van der Waals surface area contributed by atoms with Crippen LogP contribution >= 0.6 is 11.3 Å². The molecule has 1 aromatic heterocycles. The molecule has 0 saturated carbocycles. The molecule has 1 aromatic carbocycles. The van der Waals surface area contributed by atoms with Crippen LogP contribution in [-0.2, 0) is 12.6 Å². The Bertz CT molecular complexity index is 668. The van der Waals surface area contributed by atoms with Crippen LogP contribution in [0.5, 0.6) is 0 Å². The zero-order valence-corrected chi connectivity index (χ0v) is 11.7. The lowest BCUT2D eigenvalue weighted by Gasteiger charge is -2.07. The molecule has 2 N–H and O–H groups in total. The highest BCUT2D eigenvalue weighted by Gasteiger charge is 2.30. The lowest BCUT2D eigenvalue weighted by Crippen LogP contribution is -2.06. The maximum absolute atomic E-state index is 12.6. The molecule has 0 unspecified atom stereocenters. The summed E-state index contributed by atoms with van der Waals surface area (Å²) in [6, 6.07) is 5.00. The van der Waals surface area contributed by atoms with Crippen LogP contribution in [-0.4, -0.2) is 16.2 Å². The zero-order valence-electron chi connectivity index (χ0n) is 10.9. The molecule has 0 bridgehead atoms. The normalized spacial score (nSPS) is 11.4. The van der Waals surface area contributed by atoms with Crippen LogP contribution in [0.2, 0.25) is 0 Å². The van der Waals surface area contributed by atoms with E-state index in [0.717, 1.165) is 23.5 Å². The van der Waals surface area contributed by atoms with Crippen molar-refractivity contribution < 1.29 is 23.1 Å². The Labute approximate surface area is 122 Å². The van der Waals surface area contributed by atoms with Crippen LogP contribution in [0.1, 0.15) is 21.8 Å². The fourth-order valence-corrected chi connectivity index (χ4v) is 2.76. The number of halogens is 3. The molecular weight excluding hydrogens is 305 g/mol. The first-order valence-corrected chi connectivity index (χ1v) is 6.70. The van der Waals surface area contributed by atoms with Crippen LogP contribution in [0.3, 0.4) is 0 Å². The highest BCUT2D eigenvalue weighted by atomic mass is 32.1. The number of aromatic nitrogens is 1. The molecule has 0 spiro atoms. The van der Waals surface area contributed by atoms with Gasteiger partial charge in [-0.15, -0.1) is 11.3 Å². The molecule has 0 aliphatic rings. The predicted molar refractivity (Wildman–Crippen MR) is 72.7 cm³/mol. The average molecular weight is 316 g/mol. The summed E-state index contributed by atoms with van der Waals surface area (Å²) < 4.78 is 37.9. The largest absolute Gasteiger partial charge is 0.465 e. The van der Waals surface area contributed by atoms with E-state index in [-0.39, 0.29) is 6.42 Å². The number of thiazole rings is 1. The topological polar surface area (TPSA) is 62.2 Å². The second-order valence-corrected chi connectivity index (χ2v) is 5.41. The van der Waals surface area contributed by atoms with E-state index < -0.39 is 17.8 Å². The number of carbonyl (C=O) groups is 1. The number of anilines is 1. The molecule has 1 heterocycles. The lowest BCUT2D eigenvalue weighted by molar-refractivity contribution is -0.137. The predicted octanol–water partition coefficient (Wildman–Crippen LogP) is 4.15. The minimum Gasteiger partial charge on any atom is -0.465 e. The van der Waals surface area contributed by atoms with Crippen LogP contribution < -0.4 is 5.32 Å². The average Bonchev–Trinajstić information content (AvgIpc) is 2.68. The quantitative estimate of drug-likeness (QED) is 0.894. The van der Waals surface area contributed by atoms with E-state index in [2.05, 4.69) is 10.3 Å². The summed E-state index contributed by atoms with van der Waals surface area (Å²) in [7, 11) is 0. The van der Waals surface area contributed by atoms with Crippen molar-refractivity contribution in [2.45, 2.75) is 19.5 Å². The van der Waals surface area contributed by atoms with Gasteiger partial charge >= 0.3 is 12.3 Å². The zero-order chi connectivity index (χ0) is 15.6. The molecular formula is C13H11F3N2O2S. The second kappa shape index (κ2) is 5.72. The first kappa shape index (κ1) is 15.3. The molecule has 2 aromatic rings. The van der Waals surface area contributed by atoms with Gasteiger partial charge < -0.3 is 5.11 Å². The van der Waals surface area contributed by atoms with Gasteiger partial charge in [-0.3, -0.25) is 5.32 Å². The third-order valence-electron chi connectivity index (χ3n) is 2.67. The lowest BCUT2D eigenvalue weighted by atomic mass is 10.1. The van der Waals surface area contributed by atoms with Crippen molar-refractivity contribution in [3.05, 3.63) is 46.1 Å². The molecule has 8 heteroatoms. The summed E-state index contributed by atoms with van der Waals surface area (Å²) in [6.07, 6.45) is -5.37. The molecule has 0 atom stereocenters. The van der Waals surface area contributed by atoms with Crippen molar-refractivity contribution in [3.63, 3.8) is 0 Å². The summed E-state index contributed by atoms with van der Waals surface area (Å²) in [5.74, 6) is 0. The number of aryl methyl sites for hydroxylation is 1. The van der Waals surface area contributed by atoms with Gasteiger partial charge in [0.25, 0.3) is 0 Å². The van der Waals surface area contributed by atoms with E-state index in [1.165, 1.54) is 6.07 Å². The number of nitrogens with one attached hydrogen (secondary N) is 1. The highest BCUT2D eigenvalue weighted by molar-refractivity contribution is 7.16. The Morgan fingerprint density at radius 1 is 1.43 bits per heavy atom. The minimum absolute atomic E-state index is 0.219. The van der Waals surface area contributed by atoms with Gasteiger partial charge in [-0.2, -0.15) is 13.2 Å².